The number of nitrogens with one attached hydrogen (secondary N) is 1. The molecule has 5 heteroatoms. The van der Waals surface area contributed by atoms with Gasteiger partial charge >= 0.3 is 0 Å². The van der Waals surface area contributed by atoms with Gasteiger partial charge in [-0.25, -0.2) is 0 Å². The molecule has 24 heavy (non-hydrogen) atoms. The highest BCUT2D eigenvalue weighted by molar-refractivity contribution is 6.02. The van der Waals surface area contributed by atoms with Crippen molar-refractivity contribution < 1.29 is 14.3 Å². The molecular weight excluding hydrogens is 304 g/mol. The predicted molar refractivity (Wildman–Crippen MR) is 95.5 cm³/mol. The fourth-order valence-electron chi connectivity index (χ4n) is 2.60. The summed E-state index contributed by atoms with van der Waals surface area (Å²) >= 11 is 0. The normalized spacial score (nSPS) is 14.2. The first kappa shape index (κ1) is 18.3. The van der Waals surface area contributed by atoms with E-state index in [2.05, 4.69) is 33.0 Å². The van der Waals surface area contributed by atoms with Crippen LogP contribution in [0.4, 0.5) is 5.69 Å². The molecule has 1 aliphatic heterocycles. The highest BCUT2D eigenvalue weighted by Gasteiger charge is 2.29. The van der Waals surface area contributed by atoms with Gasteiger partial charge in [-0.3, -0.25) is 14.5 Å². The van der Waals surface area contributed by atoms with Gasteiger partial charge in [0, 0.05) is 6.54 Å². The van der Waals surface area contributed by atoms with Gasteiger partial charge in [-0.2, -0.15) is 0 Å². The Balaban J connectivity index is 2.23. The molecule has 132 valence electrons. The van der Waals surface area contributed by atoms with Crippen LogP contribution in [0.15, 0.2) is 18.2 Å². The van der Waals surface area contributed by atoms with Gasteiger partial charge in [-0.05, 0) is 36.0 Å². The third-order valence-electron chi connectivity index (χ3n) is 4.72. The number of hydrogen-bond acceptors (Lipinski definition) is 3. The van der Waals surface area contributed by atoms with E-state index in [1.807, 2.05) is 18.2 Å². The molecule has 1 aliphatic rings. The zero-order valence-electron chi connectivity index (χ0n) is 15.1. The van der Waals surface area contributed by atoms with Crippen LogP contribution in [0.1, 0.15) is 52.5 Å². The van der Waals surface area contributed by atoms with Crippen LogP contribution < -0.4 is 15.0 Å². The molecular formula is C19H28N2O3. The second-order valence-corrected chi connectivity index (χ2v) is 6.89. The highest BCUT2D eigenvalue weighted by Crippen LogP contribution is 2.37. The van der Waals surface area contributed by atoms with Crippen LogP contribution in [0.5, 0.6) is 5.75 Å². The van der Waals surface area contributed by atoms with Crippen LogP contribution in [-0.4, -0.2) is 31.5 Å². The molecule has 0 saturated heterocycles. The van der Waals surface area contributed by atoms with E-state index in [9.17, 15) is 9.59 Å². The smallest absolute Gasteiger partial charge is 0.265 e. The Hall–Kier alpha value is -2.04. The molecule has 0 aliphatic carbocycles. The van der Waals surface area contributed by atoms with Crippen molar-refractivity contribution in [2.45, 2.75) is 52.4 Å². The fourth-order valence-corrected chi connectivity index (χ4v) is 2.60. The van der Waals surface area contributed by atoms with Gasteiger partial charge in [0.05, 0.1) is 5.69 Å². The summed E-state index contributed by atoms with van der Waals surface area (Å²) in [6, 6.07) is 5.92. The molecule has 0 bridgehead atoms. The Bertz CT molecular complexity index is 611. The predicted octanol–water partition coefficient (Wildman–Crippen LogP) is 3.02. The second-order valence-electron chi connectivity index (χ2n) is 6.89. The van der Waals surface area contributed by atoms with Gasteiger partial charge in [-0.1, -0.05) is 40.2 Å². The number of nitrogens with zero attached hydrogens (tertiary/aromatic N) is 1. The van der Waals surface area contributed by atoms with Crippen molar-refractivity contribution in [3.8, 4) is 5.75 Å². The van der Waals surface area contributed by atoms with Crippen molar-refractivity contribution in [1.82, 2.24) is 5.32 Å². The molecule has 0 atom stereocenters. The first-order chi connectivity index (χ1) is 11.4. The lowest BCUT2D eigenvalue weighted by atomic mass is 9.82. The average Bonchev–Trinajstić information content (AvgIpc) is 2.57. The molecule has 0 radical (unpaired) electrons. The van der Waals surface area contributed by atoms with Crippen LogP contribution in [0.25, 0.3) is 0 Å². The minimum absolute atomic E-state index is 0.00454. The first-order valence-corrected chi connectivity index (χ1v) is 8.73. The van der Waals surface area contributed by atoms with E-state index in [1.165, 1.54) is 4.90 Å². The van der Waals surface area contributed by atoms with Crippen LogP contribution in [0, 0.1) is 0 Å². The SMILES string of the molecule is CCCCNC(=O)CN1C(=O)COc2ccc(C(C)(C)CC)cc21. The van der Waals surface area contributed by atoms with E-state index < -0.39 is 0 Å². The van der Waals surface area contributed by atoms with Gasteiger partial charge in [0.2, 0.25) is 5.91 Å². The van der Waals surface area contributed by atoms with E-state index in [4.69, 9.17) is 4.74 Å². The number of ether oxygens (including phenoxy) is 1. The topological polar surface area (TPSA) is 58.6 Å². The summed E-state index contributed by atoms with van der Waals surface area (Å²) in [4.78, 5) is 25.9. The average molecular weight is 332 g/mol. The van der Waals surface area contributed by atoms with E-state index in [1.54, 1.807) is 0 Å². The van der Waals surface area contributed by atoms with E-state index in [0.29, 0.717) is 18.0 Å². The number of carbonyl (C=O) groups excluding carboxylic acids is 2. The third-order valence-corrected chi connectivity index (χ3v) is 4.72. The minimum Gasteiger partial charge on any atom is -0.482 e. The Kier molecular flexibility index (Phi) is 5.86. The maximum atomic E-state index is 12.3. The fraction of sp³-hybridized carbons (Fsp3) is 0.579. The molecule has 0 saturated carbocycles. The summed E-state index contributed by atoms with van der Waals surface area (Å²) in [6.07, 6.45) is 2.95. The number of anilines is 1. The van der Waals surface area contributed by atoms with Gasteiger partial charge < -0.3 is 10.1 Å². The first-order valence-electron chi connectivity index (χ1n) is 8.73. The van der Waals surface area contributed by atoms with E-state index in [-0.39, 0.29) is 30.4 Å². The molecule has 1 aromatic rings. The number of fused-ring (bicyclic) bond motifs is 1. The summed E-state index contributed by atoms with van der Waals surface area (Å²) in [5.41, 5.74) is 1.83. The Morgan fingerprint density at radius 3 is 2.75 bits per heavy atom. The third kappa shape index (κ3) is 4.08. The summed E-state index contributed by atoms with van der Waals surface area (Å²) in [5, 5.41) is 2.86. The second kappa shape index (κ2) is 7.69. The lowest BCUT2D eigenvalue weighted by molar-refractivity contribution is -0.125. The molecule has 0 unspecified atom stereocenters. The lowest BCUT2D eigenvalue weighted by Crippen LogP contribution is -2.45. The van der Waals surface area contributed by atoms with E-state index >= 15 is 0 Å². The molecule has 0 aromatic heterocycles. The maximum absolute atomic E-state index is 12.3. The minimum atomic E-state index is -0.181. The molecule has 1 heterocycles. The van der Waals surface area contributed by atoms with Gasteiger partial charge in [-0.15, -0.1) is 0 Å². The van der Waals surface area contributed by atoms with Gasteiger partial charge in [0.25, 0.3) is 5.91 Å². The van der Waals surface area contributed by atoms with Crippen molar-refractivity contribution in [3.63, 3.8) is 0 Å². The monoisotopic (exact) mass is 332 g/mol. The van der Waals surface area contributed by atoms with Gasteiger partial charge in [0.1, 0.15) is 12.3 Å². The quantitative estimate of drug-likeness (QED) is 0.781. The Morgan fingerprint density at radius 2 is 2.08 bits per heavy atom. The molecule has 0 fully saturated rings. The van der Waals surface area contributed by atoms with Crippen molar-refractivity contribution >= 4 is 17.5 Å². The van der Waals surface area contributed by atoms with Crippen LogP contribution in [-0.2, 0) is 15.0 Å². The number of hydrogen-bond donors (Lipinski definition) is 1. The Labute approximate surface area is 144 Å². The number of rotatable bonds is 7. The van der Waals surface area contributed by atoms with Crippen molar-refractivity contribution in [2.75, 3.05) is 24.6 Å². The number of carbonyl (C=O) groups is 2. The molecule has 5 nitrogen and oxygen atoms in total. The molecule has 2 amide bonds. The number of unbranched alkanes of at least 4 members (excludes halogenated alkanes) is 1. The molecule has 2 rings (SSSR count). The number of amides is 2. The van der Waals surface area contributed by atoms with Crippen LogP contribution in [0.2, 0.25) is 0 Å². The highest BCUT2D eigenvalue weighted by atomic mass is 16.5. The molecule has 1 N–H and O–H groups in total. The van der Waals surface area contributed by atoms with Crippen molar-refractivity contribution in [2.24, 2.45) is 0 Å². The summed E-state index contributed by atoms with van der Waals surface area (Å²) in [6.45, 7) is 9.21. The lowest BCUT2D eigenvalue weighted by Gasteiger charge is -2.31. The standard InChI is InChI=1S/C19H28N2O3/c1-5-7-10-20-17(22)12-21-15-11-14(19(3,4)6-2)8-9-16(15)24-13-18(21)23/h8-9,11H,5-7,10,12-13H2,1-4H3,(H,20,22). The van der Waals surface area contributed by atoms with Crippen LogP contribution in [0.3, 0.4) is 0 Å². The largest absolute Gasteiger partial charge is 0.482 e. The zero-order chi connectivity index (χ0) is 17.7. The van der Waals surface area contributed by atoms with Gasteiger partial charge in [0.15, 0.2) is 6.61 Å². The summed E-state index contributed by atoms with van der Waals surface area (Å²) < 4.78 is 5.52. The van der Waals surface area contributed by atoms with E-state index in [0.717, 1.165) is 24.8 Å². The zero-order valence-corrected chi connectivity index (χ0v) is 15.1. The van der Waals surface area contributed by atoms with Crippen molar-refractivity contribution in [1.29, 1.82) is 0 Å². The molecule has 1 aromatic carbocycles. The van der Waals surface area contributed by atoms with Crippen molar-refractivity contribution in [3.05, 3.63) is 23.8 Å². The van der Waals surface area contributed by atoms with Crippen LogP contribution >= 0.6 is 0 Å². The summed E-state index contributed by atoms with van der Waals surface area (Å²) in [5.74, 6) is 0.344. The summed E-state index contributed by atoms with van der Waals surface area (Å²) in [7, 11) is 0. The number of benzene rings is 1. The molecule has 0 spiro atoms. The Morgan fingerprint density at radius 1 is 1.33 bits per heavy atom. The maximum Gasteiger partial charge on any atom is 0.265 e.